The molecular formula is C11H15BrOS2. The van der Waals surface area contributed by atoms with Gasteiger partial charge in [0.2, 0.25) is 0 Å². The van der Waals surface area contributed by atoms with E-state index in [0.717, 1.165) is 23.7 Å². The summed E-state index contributed by atoms with van der Waals surface area (Å²) < 4.78 is 1.13. The molecule has 1 aliphatic rings. The molecule has 0 amide bonds. The van der Waals surface area contributed by atoms with Crippen LogP contribution in [0.25, 0.3) is 0 Å². The maximum Gasteiger partial charge on any atom is 0.0811 e. The third-order valence-corrected chi connectivity index (χ3v) is 6.14. The van der Waals surface area contributed by atoms with Gasteiger partial charge in [-0.1, -0.05) is 6.92 Å². The summed E-state index contributed by atoms with van der Waals surface area (Å²) in [6, 6.07) is 2.12. The third-order valence-electron chi connectivity index (χ3n) is 2.98. The van der Waals surface area contributed by atoms with Crippen LogP contribution in [0.4, 0.5) is 0 Å². The molecule has 0 bridgehead atoms. The van der Waals surface area contributed by atoms with Crippen molar-refractivity contribution in [1.29, 1.82) is 0 Å². The molecule has 84 valence electrons. The molecule has 1 aliphatic heterocycles. The van der Waals surface area contributed by atoms with Gasteiger partial charge in [-0.2, -0.15) is 11.8 Å². The molecule has 1 saturated heterocycles. The largest absolute Gasteiger partial charge is 0.388 e. The van der Waals surface area contributed by atoms with Gasteiger partial charge in [-0.05, 0) is 40.6 Å². The van der Waals surface area contributed by atoms with E-state index in [4.69, 9.17) is 0 Å². The molecule has 2 atom stereocenters. The number of halogens is 1. The van der Waals surface area contributed by atoms with Crippen LogP contribution in [-0.2, 0) is 6.42 Å². The van der Waals surface area contributed by atoms with Crippen LogP contribution >= 0.6 is 39.0 Å². The quantitative estimate of drug-likeness (QED) is 0.899. The van der Waals surface area contributed by atoms with Gasteiger partial charge in [-0.15, -0.1) is 11.3 Å². The van der Waals surface area contributed by atoms with Gasteiger partial charge in [0.15, 0.2) is 0 Å². The Morgan fingerprint density at radius 2 is 2.47 bits per heavy atom. The van der Waals surface area contributed by atoms with Crippen molar-refractivity contribution in [2.24, 2.45) is 0 Å². The van der Waals surface area contributed by atoms with Crippen LogP contribution in [0.2, 0.25) is 0 Å². The Bertz CT molecular complexity index is 339. The molecule has 0 spiro atoms. The predicted octanol–water partition coefficient (Wildman–Crippen LogP) is 3.70. The molecule has 4 heteroatoms. The van der Waals surface area contributed by atoms with Gasteiger partial charge in [0, 0.05) is 26.4 Å². The van der Waals surface area contributed by atoms with Crippen molar-refractivity contribution < 1.29 is 5.11 Å². The molecule has 0 saturated carbocycles. The van der Waals surface area contributed by atoms with E-state index in [1.165, 1.54) is 10.6 Å². The number of hydrogen-bond acceptors (Lipinski definition) is 3. The Morgan fingerprint density at radius 1 is 1.67 bits per heavy atom. The summed E-state index contributed by atoms with van der Waals surface area (Å²) in [4.78, 5) is 1.28. The number of aliphatic hydroxyl groups is 1. The zero-order chi connectivity index (χ0) is 10.9. The molecular weight excluding hydrogens is 292 g/mol. The molecule has 0 aromatic carbocycles. The van der Waals surface area contributed by atoms with Crippen LogP contribution in [-0.4, -0.2) is 21.7 Å². The Balaban J connectivity index is 2.08. The number of hydrogen-bond donors (Lipinski definition) is 1. The molecule has 0 radical (unpaired) electrons. The highest BCUT2D eigenvalue weighted by Crippen LogP contribution is 2.37. The van der Waals surface area contributed by atoms with Crippen molar-refractivity contribution in [3.63, 3.8) is 0 Å². The number of thiophene rings is 1. The van der Waals surface area contributed by atoms with Crippen molar-refractivity contribution >= 4 is 39.0 Å². The lowest BCUT2D eigenvalue weighted by Gasteiger charge is -2.37. The average Bonchev–Trinajstić information content (AvgIpc) is 2.57. The fourth-order valence-electron chi connectivity index (χ4n) is 1.98. The van der Waals surface area contributed by atoms with E-state index in [1.807, 2.05) is 11.8 Å². The SMILES string of the molecule is CC1SCCCC1(O)Cc1cc(Br)cs1. The molecule has 1 N–H and O–H groups in total. The highest BCUT2D eigenvalue weighted by molar-refractivity contribution is 9.10. The summed E-state index contributed by atoms with van der Waals surface area (Å²) in [6.07, 6.45) is 2.88. The van der Waals surface area contributed by atoms with Crippen molar-refractivity contribution in [1.82, 2.24) is 0 Å². The zero-order valence-corrected chi connectivity index (χ0v) is 11.9. The van der Waals surface area contributed by atoms with Crippen LogP contribution < -0.4 is 0 Å². The van der Waals surface area contributed by atoms with Gasteiger partial charge in [-0.3, -0.25) is 0 Å². The first-order valence-corrected chi connectivity index (χ1v) is 7.89. The smallest absolute Gasteiger partial charge is 0.0811 e. The molecule has 2 rings (SSSR count). The maximum atomic E-state index is 10.6. The lowest BCUT2D eigenvalue weighted by molar-refractivity contribution is 0.0305. The zero-order valence-electron chi connectivity index (χ0n) is 8.70. The lowest BCUT2D eigenvalue weighted by Crippen LogP contribution is -2.43. The summed E-state index contributed by atoms with van der Waals surface area (Å²) >= 11 is 7.07. The van der Waals surface area contributed by atoms with Crippen molar-refractivity contribution in [3.05, 3.63) is 20.8 Å². The van der Waals surface area contributed by atoms with Gasteiger partial charge < -0.3 is 5.11 Å². The van der Waals surface area contributed by atoms with Crippen LogP contribution in [0.1, 0.15) is 24.6 Å². The van der Waals surface area contributed by atoms with E-state index in [2.05, 4.69) is 34.3 Å². The second kappa shape index (κ2) is 4.78. The van der Waals surface area contributed by atoms with Gasteiger partial charge in [0.05, 0.1) is 5.60 Å². The standard InChI is InChI=1S/C11H15BrOS2/c1-8-11(13,3-2-4-14-8)6-10-5-9(12)7-15-10/h5,7-8,13H,2-4,6H2,1H3. The minimum atomic E-state index is -0.493. The van der Waals surface area contributed by atoms with Gasteiger partial charge in [0.1, 0.15) is 0 Å². The van der Waals surface area contributed by atoms with E-state index in [-0.39, 0.29) is 0 Å². The number of thioether (sulfide) groups is 1. The molecule has 15 heavy (non-hydrogen) atoms. The van der Waals surface area contributed by atoms with Gasteiger partial charge in [0.25, 0.3) is 0 Å². The Labute approximate surface area is 107 Å². The third kappa shape index (κ3) is 2.78. The van der Waals surface area contributed by atoms with Crippen LogP contribution in [0.5, 0.6) is 0 Å². The van der Waals surface area contributed by atoms with Gasteiger partial charge >= 0.3 is 0 Å². The van der Waals surface area contributed by atoms with Crippen LogP contribution in [0.3, 0.4) is 0 Å². The summed E-state index contributed by atoms with van der Waals surface area (Å²) in [5.41, 5.74) is -0.493. The Kier molecular flexibility index (Phi) is 3.81. The molecule has 2 unspecified atom stereocenters. The van der Waals surface area contributed by atoms with E-state index < -0.39 is 5.60 Å². The van der Waals surface area contributed by atoms with Crippen molar-refractivity contribution in [3.8, 4) is 0 Å². The normalized spacial score (nSPS) is 31.8. The Morgan fingerprint density at radius 3 is 3.07 bits per heavy atom. The van der Waals surface area contributed by atoms with Gasteiger partial charge in [-0.25, -0.2) is 0 Å². The minimum Gasteiger partial charge on any atom is -0.388 e. The second-order valence-corrected chi connectivity index (χ2v) is 7.49. The first kappa shape index (κ1) is 12.0. The highest BCUT2D eigenvalue weighted by Gasteiger charge is 2.36. The molecule has 0 aliphatic carbocycles. The predicted molar refractivity (Wildman–Crippen MR) is 71.8 cm³/mol. The Hall–Kier alpha value is 0.490. The fraction of sp³-hybridized carbons (Fsp3) is 0.636. The van der Waals surface area contributed by atoms with Crippen LogP contribution in [0.15, 0.2) is 15.9 Å². The summed E-state index contributed by atoms with van der Waals surface area (Å²) in [5, 5.41) is 13.0. The minimum absolute atomic E-state index is 0.354. The van der Waals surface area contributed by atoms with E-state index in [9.17, 15) is 5.11 Å². The molecule has 1 aromatic heterocycles. The van der Waals surface area contributed by atoms with Crippen LogP contribution in [0, 0.1) is 0 Å². The summed E-state index contributed by atoms with van der Waals surface area (Å²) in [7, 11) is 0. The monoisotopic (exact) mass is 306 g/mol. The second-order valence-electron chi connectivity index (χ2n) is 4.13. The van der Waals surface area contributed by atoms with E-state index in [0.29, 0.717) is 5.25 Å². The molecule has 1 aromatic rings. The maximum absolute atomic E-state index is 10.6. The van der Waals surface area contributed by atoms with Crippen molar-refractivity contribution in [2.45, 2.75) is 37.0 Å². The van der Waals surface area contributed by atoms with E-state index >= 15 is 0 Å². The van der Waals surface area contributed by atoms with Crippen molar-refractivity contribution in [2.75, 3.05) is 5.75 Å². The molecule has 1 fully saturated rings. The number of rotatable bonds is 2. The average molecular weight is 307 g/mol. The first-order chi connectivity index (χ1) is 7.10. The first-order valence-electron chi connectivity index (χ1n) is 5.17. The highest BCUT2D eigenvalue weighted by atomic mass is 79.9. The summed E-state index contributed by atoms with van der Waals surface area (Å²) in [5.74, 6) is 1.19. The van der Waals surface area contributed by atoms with E-state index in [1.54, 1.807) is 11.3 Å². The molecule has 1 nitrogen and oxygen atoms in total. The lowest BCUT2D eigenvalue weighted by atomic mass is 9.89. The summed E-state index contributed by atoms with van der Waals surface area (Å²) in [6.45, 7) is 2.15. The topological polar surface area (TPSA) is 20.2 Å². The fourth-order valence-corrected chi connectivity index (χ4v) is 4.72. The molecule has 2 heterocycles.